The Morgan fingerprint density at radius 1 is 1.24 bits per heavy atom. The third kappa shape index (κ3) is 6.33. The number of alkyl halides is 3. The molecule has 1 heterocycles. The van der Waals surface area contributed by atoms with Crippen molar-refractivity contribution in [2.75, 3.05) is 11.9 Å². The zero-order chi connectivity index (χ0) is 18.4. The molecule has 0 aliphatic carbocycles. The topological polar surface area (TPSA) is 72.5 Å². The summed E-state index contributed by atoms with van der Waals surface area (Å²) in [6.45, 7) is 2.57. The quantitative estimate of drug-likeness (QED) is 0.637. The van der Waals surface area contributed by atoms with E-state index >= 15 is 0 Å². The molecule has 0 bridgehead atoms. The molecule has 134 valence electrons. The molecule has 0 spiro atoms. The van der Waals surface area contributed by atoms with Crippen LogP contribution in [-0.2, 0) is 6.54 Å². The van der Waals surface area contributed by atoms with E-state index < -0.39 is 12.8 Å². The van der Waals surface area contributed by atoms with Gasteiger partial charge in [0.05, 0.1) is 6.54 Å². The SMILES string of the molecule is Cc1cc(C)cc(NC(N)=NCc2cccnc2OCC(F)(F)F)c1. The molecule has 0 amide bonds. The number of guanidine groups is 1. The minimum absolute atomic E-state index is 0.0463. The number of hydrogen-bond donors (Lipinski definition) is 2. The summed E-state index contributed by atoms with van der Waals surface area (Å²) in [5.41, 5.74) is 9.20. The molecule has 0 atom stereocenters. The Hall–Kier alpha value is -2.77. The molecular formula is C17H19F3N4O. The van der Waals surface area contributed by atoms with Crippen LogP contribution in [0.1, 0.15) is 16.7 Å². The van der Waals surface area contributed by atoms with E-state index in [4.69, 9.17) is 10.5 Å². The highest BCUT2D eigenvalue weighted by atomic mass is 19.4. The molecule has 8 heteroatoms. The first-order valence-corrected chi connectivity index (χ1v) is 7.51. The molecule has 0 unspecified atom stereocenters. The Morgan fingerprint density at radius 2 is 1.92 bits per heavy atom. The lowest BCUT2D eigenvalue weighted by molar-refractivity contribution is -0.154. The van der Waals surface area contributed by atoms with Crippen LogP contribution in [0.4, 0.5) is 18.9 Å². The van der Waals surface area contributed by atoms with Gasteiger partial charge in [0.25, 0.3) is 0 Å². The van der Waals surface area contributed by atoms with Crippen molar-refractivity contribution < 1.29 is 17.9 Å². The number of anilines is 1. The number of pyridine rings is 1. The van der Waals surface area contributed by atoms with Crippen LogP contribution in [0.3, 0.4) is 0 Å². The summed E-state index contributed by atoms with van der Waals surface area (Å²) in [5, 5.41) is 2.96. The van der Waals surface area contributed by atoms with E-state index in [0.29, 0.717) is 5.56 Å². The van der Waals surface area contributed by atoms with Crippen molar-refractivity contribution in [3.8, 4) is 5.88 Å². The van der Waals surface area contributed by atoms with E-state index in [1.807, 2.05) is 32.0 Å². The number of ether oxygens (including phenoxy) is 1. The van der Waals surface area contributed by atoms with Gasteiger partial charge in [-0.15, -0.1) is 0 Å². The van der Waals surface area contributed by atoms with Crippen LogP contribution < -0.4 is 15.8 Å². The Morgan fingerprint density at radius 3 is 2.56 bits per heavy atom. The minimum atomic E-state index is -4.43. The van der Waals surface area contributed by atoms with E-state index in [2.05, 4.69) is 15.3 Å². The van der Waals surface area contributed by atoms with Crippen LogP contribution in [0.5, 0.6) is 5.88 Å². The summed E-state index contributed by atoms with van der Waals surface area (Å²) < 4.78 is 41.6. The van der Waals surface area contributed by atoms with Crippen molar-refractivity contribution in [1.82, 2.24) is 4.98 Å². The molecule has 2 rings (SSSR count). The molecule has 3 N–H and O–H groups in total. The normalized spacial score (nSPS) is 12.1. The van der Waals surface area contributed by atoms with Crippen molar-refractivity contribution in [2.45, 2.75) is 26.6 Å². The number of nitrogens with one attached hydrogen (secondary N) is 1. The molecule has 0 saturated heterocycles. The fourth-order valence-corrected chi connectivity index (χ4v) is 2.23. The molecule has 0 aliphatic rings. The molecule has 1 aromatic carbocycles. The highest BCUT2D eigenvalue weighted by Gasteiger charge is 2.29. The van der Waals surface area contributed by atoms with Gasteiger partial charge < -0.3 is 15.8 Å². The van der Waals surface area contributed by atoms with Gasteiger partial charge in [-0.1, -0.05) is 12.1 Å². The molecule has 0 saturated carbocycles. The first-order chi connectivity index (χ1) is 11.7. The summed E-state index contributed by atoms with van der Waals surface area (Å²) in [6.07, 6.45) is -3.07. The van der Waals surface area contributed by atoms with Gasteiger partial charge in [-0.3, -0.25) is 0 Å². The fourth-order valence-electron chi connectivity index (χ4n) is 2.23. The predicted octanol–water partition coefficient (Wildman–Crippen LogP) is 3.57. The highest BCUT2D eigenvalue weighted by molar-refractivity contribution is 5.92. The second kappa shape index (κ2) is 7.87. The maximum Gasteiger partial charge on any atom is 0.422 e. The van der Waals surface area contributed by atoms with Crippen molar-refractivity contribution in [3.63, 3.8) is 0 Å². The van der Waals surface area contributed by atoms with Gasteiger partial charge in [0.1, 0.15) is 0 Å². The molecule has 1 aromatic heterocycles. The molecule has 0 fully saturated rings. The zero-order valence-electron chi connectivity index (χ0n) is 13.9. The molecule has 2 aromatic rings. The number of aryl methyl sites for hydroxylation is 2. The number of hydrogen-bond acceptors (Lipinski definition) is 3. The lowest BCUT2D eigenvalue weighted by Crippen LogP contribution is -2.23. The van der Waals surface area contributed by atoms with Crippen molar-refractivity contribution in [3.05, 3.63) is 53.2 Å². The molecule has 0 radical (unpaired) electrons. The molecule has 5 nitrogen and oxygen atoms in total. The number of rotatable bonds is 5. The lowest BCUT2D eigenvalue weighted by Gasteiger charge is -2.11. The molecular weight excluding hydrogens is 333 g/mol. The Bertz CT molecular complexity index is 740. The van der Waals surface area contributed by atoms with E-state index in [9.17, 15) is 13.2 Å². The number of halogens is 3. The number of benzene rings is 1. The second-order valence-corrected chi connectivity index (χ2v) is 5.57. The summed E-state index contributed by atoms with van der Waals surface area (Å²) >= 11 is 0. The van der Waals surface area contributed by atoms with Crippen LogP contribution in [0.25, 0.3) is 0 Å². The highest BCUT2D eigenvalue weighted by Crippen LogP contribution is 2.20. The van der Waals surface area contributed by atoms with Gasteiger partial charge in [-0.25, -0.2) is 9.98 Å². The van der Waals surface area contributed by atoms with E-state index in [-0.39, 0.29) is 18.4 Å². The van der Waals surface area contributed by atoms with Crippen LogP contribution in [0, 0.1) is 13.8 Å². The van der Waals surface area contributed by atoms with Crippen molar-refractivity contribution in [2.24, 2.45) is 10.7 Å². The van der Waals surface area contributed by atoms with Crippen LogP contribution in [-0.4, -0.2) is 23.7 Å². The monoisotopic (exact) mass is 352 g/mol. The van der Waals surface area contributed by atoms with Gasteiger partial charge in [-0.05, 0) is 43.2 Å². The first-order valence-electron chi connectivity index (χ1n) is 7.51. The average Bonchev–Trinajstić information content (AvgIpc) is 2.50. The second-order valence-electron chi connectivity index (χ2n) is 5.57. The van der Waals surface area contributed by atoms with Gasteiger partial charge in [0.2, 0.25) is 5.88 Å². The minimum Gasteiger partial charge on any atom is -0.468 e. The maximum atomic E-state index is 12.3. The van der Waals surface area contributed by atoms with E-state index in [1.165, 1.54) is 6.20 Å². The average molecular weight is 352 g/mol. The van der Waals surface area contributed by atoms with Gasteiger partial charge >= 0.3 is 6.18 Å². The summed E-state index contributed by atoms with van der Waals surface area (Å²) in [4.78, 5) is 7.95. The largest absolute Gasteiger partial charge is 0.468 e. The summed E-state index contributed by atoms with van der Waals surface area (Å²) in [5.74, 6) is 0.0402. The van der Waals surface area contributed by atoms with Crippen molar-refractivity contribution >= 4 is 11.6 Å². The number of nitrogens with zero attached hydrogens (tertiary/aromatic N) is 2. The number of aliphatic imine (C=N–C) groups is 1. The standard InChI is InChI=1S/C17H19F3N4O/c1-11-6-12(2)8-14(7-11)24-16(21)23-9-13-4-3-5-22-15(13)25-10-17(18,19)20/h3-8H,9-10H2,1-2H3,(H3,21,23,24). The maximum absolute atomic E-state index is 12.3. The smallest absolute Gasteiger partial charge is 0.422 e. The third-order valence-corrected chi connectivity index (χ3v) is 3.14. The third-order valence-electron chi connectivity index (χ3n) is 3.14. The molecule has 0 aliphatic heterocycles. The van der Waals surface area contributed by atoms with Crippen LogP contribution in [0.15, 0.2) is 41.5 Å². The van der Waals surface area contributed by atoms with E-state index in [0.717, 1.165) is 16.8 Å². The summed E-state index contributed by atoms with van der Waals surface area (Å²) in [7, 11) is 0. The number of nitrogens with two attached hydrogens (primary N) is 1. The zero-order valence-corrected chi connectivity index (χ0v) is 13.9. The van der Waals surface area contributed by atoms with Gasteiger partial charge in [0, 0.05) is 17.4 Å². The van der Waals surface area contributed by atoms with E-state index in [1.54, 1.807) is 12.1 Å². The van der Waals surface area contributed by atoms with Gasteiger partial charge in [0.15, 0.2) is 12.6 Å². The Labute approximate surface area is 143 Å². The first kappa shape index (κ1) is 18.6. The van der Waals surface area contributed by atoms with Gasteiger partial charge in [-0.2, -0.15) is 13.2 Å². The predicted molar refractivity (Wildman–Crippen MR) is 90.7 cm³/mol. The van der Waals surface area contributed by atoms with Crippen LogP contribution >= 0.6 is 0 Å². The lowest BCUT2D eigenvalue weighted by atomic mass is 10.1. The number of aromatic nitrogens is 1. The van der Waals surface area contributed by atoms with Crippen LogP contribution in [0.2, 0.25) is 0 Å². The Kier molecular flexibility index (Phi) is 5.84. The molecule has 25 heavy (non-hydrogen) atoms. The van der Waals surface area contributed by atoms with Crippen molar-refractivity contribution in [1.29, 1.82) is 0 Å². The summed E-state index contributed by atoms with van der Waals surface area (Å²) in [6, 6.07) is 9.04. The fraction of sp³-hybridized carbons (Fsp3) is 0.294. The Balaban J connectivity index is 2.05.